The van der Waals surface area contributed by atoms with E-state index >= 15 is 0 Å². The lowest BCUT2D eigenvalue weighted by molar-refractivity contribution is -0.148. The fraction of sp³-hybridized carbons (Fsp3) is 0.111. The van der Waals surface area contributed by atoms with Gasteiger partial charge in [-0.05, 0) is 30.7 Å². The molecule has 5 nitrogen and oxygen atoms in total. The number of primary sulfonamides is 1. The Balaban J connectivity index is 2.49. The van der Waals surface area contributed by atoms with E-state index in [1.807, 2.05) is 0 Å². The van der Waals surface area contributed by atoms with Crippen molar-refractivity contribution in [3.63, 3.8) is 0 Å². The Labute approximate surface area is 87.1 Å². The van der Waals surface area contributed by atoms with Crippen LogP contribution in [0.3, 0.4) is 0 Å². The first-order chi connectivity index (χ1) is 7.07. The van der Waals surface area contributed by atoms with Crippen molar-refractivity contribution in [2.75, 3.05) is 0 Å². The number of fused-ring (bicyclic) bond motifs is 1. The van der Waals surface area contributed by atoms with Gasteiger partial charge in [0.2, 0.25) is 10.0 Å². The molecule has 0 unspecified atom stereocenters. The molecule has 0 bridgehead atoms. The van der Waals surface area contributed by atoms with Crippen molar-refractivity contribution in [3.8, 4) is 5.75 Å². The number of allylic oxidation sites excluding steroid dienone is 1. The van der Waals surface area contributed by atoms with Crippen molar-refractivity contribution in [2.45, 2.75) is 11.3 Å². The maximum Gasteiger partial charge on any atom is 0.238 e. The van der Waals surface area contributed by atoms with Crippen LogP contribution in [0.2, 0.25) is 0 Å². The quantitative estimate of drug-likeness (QED) is 0.717. The Bertz CT molecular complexity index is 507. The van der Waals surface area contributed by atoms with Crippen molar-refractivity contribution >= 4 is 10.0 Å². The van der Waals surface area contributed by atoms with Gasteiger partial charge in [0, 0.05) is 5.56 Å². The molecule has 0 radical (unpaired) electrons. The molecule has 0 aliphatic carbocycles. The minimum Gasteiger partial charge on any atom is -0.298 e. The zero-order chi connectivity index (χ0) is 10.9. The van der Waals surface area contributed by atoms with Crippen molar-refractivity contribution < 1.29 is 18.2 Å². The van der Waals surface area contributed by atoms with Crippen LogP contribution < -0.4 is 10.0 Å². The van der Waals surface area contributed by atoms with Gasteiger partial charge in [-0.15, -0.1) is 0 Å². The smallest absolute Gasteiger partial charge is 0.238 e. The van der Waals surface area contributed by atoms with E-state index in [0.29, 0.717) is 12.2 Å². The first-order valence-electron chi connectivity index (χ1n) is 4.21. The lowest BCUT2D eigenvalue weighted by Crippen LogP contribution is -2.12. The van der Waals surface area contributed by atoms with Crippen LogP contribution in [-0.2, 0) is 21.3 Å². The maximum absolute atomic E-state index is 11.1. The predicted molar refractivity (Wildman–Crippen MR) is 52.4 cm³/mol. The number of hydrogen-bond acceptors (Lipinski definition) is 4. The van der Waals surface area contributed by atoms with Gasteiger partial charge >= 0.3 is 0 Å². The average molecular weight is 227 g/mol. The van der Waals surface area contributed by atoms with Crippen molar-refractivity contribution in [2.24, 2.45) is 5.14 Å². The molecule has 0 saturated heterocycles. The van der Waals surface area contributed by atoms with Crippen LogP contribution in [0.1, 0.15) is 5.56 Å². The normalized spacial score (nSPS) is 14.7. The molecule has 80 valence electrons. The third kappa shape index (κ3) is 2.11. The van der Waals surface area contributed by atoms with Gasteiger partial charge < -0.3 is 0 Å². The molecule has 2 rings (SSSR count). The zero-order valence-electron chi connectivity index (χ0n) is 7.71. The predicted octanol–water partition coefficient (Wildman–Crippen LogP) is 0.714. The summed E-state index contributed by atoms with van der Waals surface area (Å²) in [5, 5.41) is 5.01. The summed E-state index contributed by atoms with van der Waals surface area (Å²) in [7, 11) is -3.67. The summed E-state index contributed by atoms with van der Waals surface area (Å²) < 4.78 is 22.2. The van der Waals surface area contributed by atoms with Gasteiger partial charge in [-0.25, -0.2) is 13.6 Å². The molecular formula is C9H9NO4S. The molecule has 2 N–H and O–H groups in total. The summed E-state index contributed by atoms with van der Waals surface area (Å²) in [6.45, 7) is 0. The van der Waals surface area contributed by atoms with Crippen molar-refractivity contribution in [1.82, 2.24) is 0 Å². The van der Waals surface area contributed by atoms with Crippen LogP contribution in [0.25, 0.3) is 0 Å². The van der Waals surface area contributed by atoms with E-state index in [1.54, 1.807) is 6.08 Å². The number of benzene rings is 1. The third-order valence-corrected chi connectivity index (χ3v) is 2.90. The number of sulfonamides is 1. The van der Waals surface area contributed by atoms with Crippen molar-refractivity contribution in [3.05, 3.63) is 36.1 Å². The van der Waals surface area contributed by atoms with Gasteiger partial charge in [-0.2, -0.15) is 0 Å². The second kappa shape index (κ2) is 3.56. The van der Waals surface area contributed by atoms with Crippen molar-refractivity contribution in [1.29, 1.82) is 0 Å². The molecule has 1 aromatic rings. The largest absolute Gasteiger partial charge is 0.298 e. The molecule has 0 amide bonds. The third-order valence-electron chi connectivity index (χ3n) is 1.99. The molecule has 6 heteroatoms. The summed E-state index contributed by atoms with van der Waals surface area (Å²) in [6, 6.07) is 4.37. The summed E-state index contributed by atoms with van der Waals surface area (Å²) in [6.07, 6.45) is 3.66. The molecule has 0 saturated carbocycles. The highest BCUT2D eigenvalue weighted by molar-refractivity contribution is 7.89. The lowest BCUT2D eigenvalue weighted by atomic mass is 10.1. The molecule has 0 spiro atoms. The van der Waals surface area contributed by atoms with Gasteiger partial charge in [0.15, 0.2) is 5.75 Å². The maximum atomic E-state index is 11.1. The van der Waals surface area contributed by atoms with E-state index in [1.165, 1.54) is 24.5 Å². The lowest BCUT2D eigenvalue weighted by Gasteiger charge is -2.05. The molecule has 1 aliphatic heterocycles. The van der Waals surface area contributed by atoms with E-state index < -0.39 is 10.0 Å². The van der Waals surface area contributed by atoms with Crippen LogP contribution in [0.4, 0.5) is 0 Å². The molecular weight excluding hydrogens is 218 g/mol. The molecule has 1 aromatic carbocycles. The van der Waals surface area contributed by atoms with E-state index in [4.69, 9.17) is 10.0 Å². The molecule has 1 heterocycles. The Kier molecular flexibility index (Phi) is 2.37. The first kappa shape index (κ1) is 10.0. The van der Waals surface area contributed by atoms with Crippen LogP contribution in [0.15, 0.2) is 35.4 Å². The van der Waals surface area contributed by atoms with E-state index in [9.17, 15) is 8.42 Å². The minimum atomic E-state index is -3.67. The Morgan fingerprint density at radius 2 is 2.13 bits per heavy atom. The topological polar surface area (TPSA) is 78.6 Å². The Morgan fingerprint density at radius 3 is 2.87 bits per heavy atom. The number of rotatable bonds is 1. The van der Waals surface area contributed by atoms with Crippen LogP contribution in [0, 0.1) is 0 Å². The van der Waals surface area contributed by atoms with E-state index in [2.05, 4.69) is 4.89 Å². The minimum absolute atomic E-state index is 0.0696. The highest BCUT2D eigenvalue weighted by atomic mass is 32.2. The second-order valence-corrected chi connectivity index (χ2v) is 4.63. The monoisotopic (exact) mass is 227 g/mol. The molecule has 0 atom stereocenters. The SMILES string of the molecule is NS(=O)(=O)c1ccc2c(c1)CC=COO2. The van der Waals surface area contributed by atoms with Gasteiger partial charge in [-0.1, -0.05) is 0 Å². The zero-order valence-corrected chi connectivity index (χ0v) is 8.53. The van der Waals surface area contributed by atoms with E-state index in [-0.39, 0.29) is 4.90 Å². The highest BCUT2D eigenvalue weighted by Gasteiger charge is 2.13. The van der Waals surface area contributed by atoms with Gasteiger partial charge in [0.1, 0.15) is 6.26 Å². The summed E-state index contributed by atoms with van der Waals surface area (Å²) in [5.41, 5.74) is 0.718. The van der Waals surface area contributed by atoms with Gasteiger partial charge in [-0.3, -0.25) is 9.78 Å². The molecule has 0 fully saturated rings. The molecule has 0 aromatic heterocycles. The van der Waals surface area contributed by atoms with Gasteiger partial charge in [0.25, 0.3) is 0 Å². The van der Waals surface area contributed by atoms with Gasteiger partial charge in [0.05, 0.1) is 4.90 Å². The number of hydrogen-bond donors (Lipinski definition) is 1. The van der Waals surface area contributed by atoms with Crippen LogP contribution >= 0.6 is 0 Å². The second-order valence-electron chi connectivity index (χ2n) is 3.07. The fourth-order valence-corrected chi connectivity index (χ4v) is 1.83. The first-order valence-corrected chi connectivity index (χ1v) is 5.76. The van der Waals surface area contributed by atoms with Crippen LogP contribution in [0.5, 0.6) is 5.75 Å². The summed E-state index contributed by atoms with van der Waals surface area (Å²) >= 11 is 0. The molecule has 1 aliphatic rings. The fourth-order valence-electron chi connectivity index (χ4n) is 1.27. The summed E-state index contributed by atoms with van der Waals surface area (Å²) in [4.78, 5) is 9.65. The standard InChI is InChI=1S/C9H9NO4S/c10-15(11,12)8-3-4-9-7(6-8)2-1-5-13-14-9/h1,3-6H,2H2,(H2,10,11,12). The average Bonchev–Trinajstić information content (AvgIpc) is 2.39. The Hall–Kier alpha value is -1.53. The Morgan fingerprint density at radius 1 is 1.33 bits per heavy atom. The van der Waals surface area contributed by atoms with E-state index in [0.717, 1.165) is 5.56 Å². The number of nitrogens with two attached hydrogens (primary N) is 1. The molecule has 15 heavy (non-hydrogen) atoms. The van der Waals surface area contributed by atoms with Crippen LogP contribution in [-0.4, -0.2) is 8.42 Å². The summed E-state index contributed by atoms with van der Waals surface area (Å²) in [5.74, 6) is 0.493. The highest BCUT2D eigenvalue weighted by Crippen LogP contribution is 2.24.